The number of hydrogen-bond donors (Lipinski definition) is 2. The monoisotopic (exact) mass is 270 g/mol. The first kappa shape index (κ1) is 15.0. The lowest BCUT2D eigenvalue weighted by atomic mass is 9.81. The zero-order chi connectivity index (χ0) is 13.8. The highest BCUT2D eigenvalue weighted by atomic mass is 32.1. The van der Waals surface area contributed by atoms with E-state index in [1.807, 2.05) is 5.38 Å². The van der Waals surface area contributed by atoms with Gasteiger partial charge in [0.1, 0.15) is 0 Å². The molecule has 1 rings (SSSR count). The van der Waals surface area contributed by atoms with Gasteiger partial charge in [-0.3, -0.25) is 4.79 Å². The van der Waals surface area contributed by atoms with Gasteiger partial charge in [0, 0.05) is 18.3 Å². The van der Waals surface area contributed by atoms with Crippen LogP contribution in [0.15, 0.2) is 5.38 Å². The van der Waals surface area contributed by atoms with Crippen LogP contribution in [0.5, 0.6) is 0 Å². The van der Waals surface area contributed by atoms with Gasteiger partial charge in [0.2, 0.25) is 0 Å². The Hall–Kier alpha value is -1.10. The minimum atomic E-state index is -0.779. The summed E-state index contributed by atoms with van der Waals surface area (Å²) in [6.45, 7) is 9.74. The van der Waals surface area contributed by atoms with E-state index in [0.29, 0.717) is 12.3 Å². The number of carboxylic acids is 1. The highest BCUT2D eigenvalue weighted by Gasteiger charge is 2.22. The number of rotatable bonds is 7. The molecule has 0 aromatic carbocycles. The molecular formula is C13H22N2O2S. The average Bonchev–Trinajstić information content (AvgIpc) is 2.71. The summed E-state index contributed by atoms with van der Waals surface area (Å²) in [5.74, 6) is -0.185. The van der Waals surface area contributed by atoms with Gasteiger partial charge in [-0.1, -0.05) is 27.7 Å². The number of aryl methyl sites for hydroxylation is 1. The van der Waals surface area contributed by atoms with Crippen molar-refractivity contribution in [2.24, 2.45) is 11.3 Å². The number of aliphatic carboxylic acids is 1. The van der Waals surface area contributed by atoms with Crippen molar-refractivity contribution >= 4 is 22.4 Å². The maximum absolute atomic E-state index is 10.5. The number of nitrogens with zero attached hydrogens (tertiary/aromatic N) is 1. The molecule has 0 aliphatic carbocycles. The first-order valence-corrected chi connectivity index (χ1v) is 7.09. The third kappa shape index (κ3) is 4.64. The zero-order valence-electron chi connectivity index (χ0n) is 11.5. The Kier molecular flexibility index (Phi) is 5.14. The van der Waals surface area contributed by atoms with Gasteiger partial charge in [-0.15, -0.1) is 11.3 Å². The maximum atomic E-state index is 10.5. The smallest absolute Gasteiger partial charge is 0.303 e. The molecule has 0 spiro atoms. The van der Waals surface area contributed by atoms with Crippen molar-refractivity contribution in [2.75, 3.05) is 11.9 Å². The number of carboxylic acid groups (broad SMARTS) is 1. The van der Waals surface area contributed by atoms with Crippen LogP contribution in [0.3, 0.4) is 0 Å². The second kappa shape index (κ2) is 6.18. The lowest BCUT2D eigenvalue weighted by Gasteiger charge is -2.29. The van der Waals surface area contributed by atoms with Crippen molar-refractivity contribution in [1.82, 2.24) is 4.98 Å². The number of hydrogen-bond acceptors (Lipinski definition) is 4. The molecule has 0 aliphatic heterocycles. The molecule has 0 atom stereocenters. The third-order valence-corrected chi connectivity index (χ3v) is 4.25. The highest BCUT2D eigenvalue weighted by Crippen LogP contribution is 2.27. The summed E-state index contributed by atoms with van der Waals surface area (Å²) in [5.41, 5.74) is 1.07. The fourth-order valence-electron chi connectivity index (χ4n) is 1.25. The van der Waals surface area contributed by atoms with Crippen LogP contribution in [-0.4, -0.2) is 22.6 Å². The molecule has 18 heavy (non-hydrogen) atoms. The number of carbonyl (C=O) groups is 1. The van der Waals surface area contributed by atoms with E-state index in [9.17, 15) is 4.79 Å². The first-order chi connectivity index (χ1) is 8.31. The van der Waals surface area contributed by atoms with Crippen LogP contribution in [0.25, 0.3) is 0 Å². The molecule has 0 saturated carbocycles. The molecular weight excluding hydrogens is 248 g/mol. The highest BCUT2D eigenvalue weighted by molar-refractivity contribution is 7.13. The van der Waals surface area contributed by atoms with E-state index in [1.54, 1.807) is 0 Å². The quantitative estimate of drug-likeness (QED) is 0.798. The van der Waals surface area contributed by atoms with E-state index in [-0.39, 0.29) is 11.8 Å². The topological polar surface area (TPSA) is 62.2 Å². The van der Waals surface area contributed by atoms with Gasteiger partial charge in [0.25, 0.3) is 0 Å². The van der Waals surface area contributed by atoms with Crippen molar-refractivity contribution in [1.29, 1.82) is 0 Å². The Bertz CT molecular complexity index is 399. The van der Waals surface area contributed by atoms with Gasteiger partial charge in [-0.2, -0.15) is 0 Å². The molecule has 0 amide bonds. The lowest BCUT2D eigenvalue weighted by molar-refractivity contribution is -0.136. The predicted octanol–water partition coefficient (Wildman–Crippen LogP) is 3.25. The van der Waals surface area contributed by atoms with Crippen LogP contribution in [0.4, 0.5) is 5.13 Å². The molecule has 0 fully saturated rings. The first-order valence-electron chi connectivity index (χ1n) is 6.21. The molecule has 0 saturated heterocycles. The van der Waals surface area contributed by atoms with E-state index in [1.165, 1.54) is 11.3 Å². The molecule has 5 heteroatoms. The standard InChI is InChI=1S/C13H22N2O2S/c1-9(2)13(3,4)8-14-12-15-10(7-18-12)5-6-11(16)17/h7,9H,5-6,8H2,1-4H3,(H,14,15)(H,16,17). The van der Waals surface area contributed by atoms with E-state index in [0.717, 1.165) is 17.4 Å². The van der Waals surface area contributed by atoms with Gasteiger partial charge >= 0.3 is 5.97 Å². The van der Waals surface area contributed by atoms with Crippen LogP contribution < -0.4 is 5.32 Å². The van der Waals surface area contributed by atoms with Crippen LogP contribution in [0.1, 0.15) is 39.8 Å². The molecule has 0 unspecified atom stereocenters. The summed E-state index contributed by atoms with van der Waals surface area (Å²) < 4.78 is 0. The molecule has 1 heterocycles. The summed E-state index contributed by atoms with van der Waals surface area (Å²) >= 11 is 1.54. The van der Waals surface area contributed by atoms with Crippen molar-refractivity contribution in [3.63, 3.8) is 0 Å². The Balaban J connectivity index is 2.47. The third-order valence-electron chi connectivity index (χ3n) is 3.40. The van der Waals surface area contributed by atoms with Crippen molar-refractivity contribution in [3.8, 4) is 0 Å². The average molecular weight is 270 g/mol. The largest absolute Gasteiger partial charge is 0.481 e. The van der Waals surface area contributed by atoms with E-state index in [2.05, 4.69) is 38.0 Å². The number of anilines is 1. The number of nitrogens with one attached hydrogen (secondary N) is 1. The summed E-state index contributed by atoms with van der Waals surface area (Å²) in [5, 5.41) is 14.8. The second-order valence-corrected chi connectivity index (χ2v) is 6.39. The van der Waals surface area contributed by atoms with E-state index < -0.39 is 5.97 Å². The van der Waals surface area contributed by atoms with E-state index >= 15 is 0 Å². The molecule has 1 aromatic rings. The maximum Gasteiger partial charge on any atom is 0.303 e. The Morgan fingerprint density at radius 1 is 1.56 bits per heavy atom. The van der Waals surface area contributed by atoms with Crippen LogP contribution in [-0.2, 0) is 11.2 Å². The van der Waals surface area contributed by atoms with Crippen molar-refractivity contribution in [3.05, 3.63) is 11.1 Å². The minimum Gasteiger partial charge on any atom is -0.481 e. The number of aromatic nitrogens is 1. The van der Waals surface area contributed by atoms with Gasteiger partial charge in [0.15, 0.2) is 5.13 Å². The van der Waals surface area contributed by atoms with Gasteiger partial charge in [-0.25, -0.2) is 4.98 Å². The summed E-state index contributed by atoms with van der Waals surface area (Å²) in [6, 6.07) is 0. The van der Waals surface area contributed by atoms with Gasteiger partial charge in [-0.05, 0) is 11.3 Å². The van der Waals surface area contributed by atoms with Crippen LogP contribution in [0, 0.1) is 11.3 Å². The molecule has 0 aliphatic rings. The summed E-state index contributed by atoms with van der Waals surface area (Å²) in [7, 11) is 0. The van der Waals surface area contributed by atoms with Gasteiger partial charge < -0.3 is 10.4 Å². The summed E-state index contributed by atoms with van der Waals surface area (Å²) in [6.07, 6.45) is 0.641. The Labute approximate surface area is 112 Å². The summed E-state index contributed by atoms with van der Waals surface area (Å²) in [4.78, 5) is 14.9. The molecule has 4 nitrogen and oxygen atoms in total. The lowest BCUT2D eigenvalue weighted by Crippen LogP contribution is -2.28. The SMILES string of the molecule is CC(C)C(C)(C)CNc1nc(CCC(=O)O)cs1. The zero-order valence-corrected chi connectivity index (χ0v) is 12.3. The Morgan fingerprint density at radius 2 is 2.22 bits per heavy atom. The predicted molar refractivity (Wildman–Crippen MR) is 75.2 cm³/mol. The normalized spacial score (nSPS) is 11.8. The van der Waals surface area contributed by atoms with Crippen LogP contribution >= 0.6 is 11.3 Å². The molecule has 0 bridgehead atoms. The Morgan fingerprint density at radius 3 is 2.78 bits per heavy atom. The van der Waals surface area contributed by atoms with Crippen LogP contribution in [0.2, 0.25) is 0 Å². The van der Waals surface area contributed by atoms with Gasteiger partial charge in [0.05, 0.1) is 12.1 Å². The molecule has 1 aromatic heterocycles. The van der Waals surface area contributed by atoms with Crippen molar-refractivity contribution in [2.45, 2.75) is 40.5 Å². The fraction of sp³-hybridized carbons (Fsp3) is 0.692. The minimum absolute atomic E-state index is 0.140. The molecule has 2 N–H and O–H groups in total. The molecule has 0 radical (unpaired) electrons. The molecule has 102 valence electrons. The van der Waals surface area contributed by atoms with E-state index in [4.69, 9.17) is 5.11 Å². The fourth-order valence-corrected chi connectivity index (χ4v) is 1.99. The number of thiazole rings is 1. The van der Waals surface area contributed by atoms with Crippen molar-refractivity contribution < 1.29 is 9.90 Å². The second-order valence-electron chi connectivity index (χ2n) is 5.53.